The number of fused-ring (bicyclic) bond motifs is 1. The molecule has 0 radical (unpaired) electrons. The average Bonchev–Trinajstić information content (AvgIpc) is 3.21. The summed E-state index contributed by atoms with van der Waals surface area (Å²) in [7, 11) is -4.34. The zero-order valence-electron chi connectivity index (χ0n) is 16.5. The van der Waals surface area contributed by atoms with Gasteiger partial charge in [0.1, 0.15) is 5.75 Å². The molecule has 0 bridgehead atoms. The van der Waals surface area contributed by atoms with Crippen LogP contribution < -0.4 is 24.2 Å². The second kappa shape index (κ2) is 8.54. The molecule has 2 N–H and O–H groups in total. The molecule has 0 spiro atoms. The predicted molar refractivity (Wildman–Crippen MR) is 111 cm³/mol. The molecular formula is C21H15F3N2O6S. The van der Waals surface area contributed by atoms with Crippen LogP contribution in [0.5, 0.6) is 17.2 Å². The van der Waals surface area contributed by atoms with Gasteiger partial charge in [0.2, 0.25) is 6.79 Å². The second-order valence-corrected chi connectivity index (χ2v) is 8.38. The number of alkyl halides is 3. The molecule has 0 saturated heterocycles. The molecule has 3 aromatic rings. The Morgan fingerprint density at radius 3 is 2.48 bits per heavy atom. The second-order valence-electron chi connectivity index (χ2n) is 6.70. The third-order valence-corrected chi connectivity index (χ3v) is 5.76. The Balaban J connectivity index is 1.56. The topological polar surface area (TPSA) is 103 Å². The molecule has 1 aliphatic heterocycles. The number of hydrogen-bond acceptors (Lipinski definition) is 6. The number of sulfonamides is 1. The highest BCUT2D eigenvalue weighted by Crippen LogP contribution is 2.34. The first-order chi connectivity index (χ1) is 15.6. The van der Waals surface area contributed by atoms with E-state index >= 15 is 0 Å². The molecule has 172 valence electrons. The lowest BCUT2D eigenvalue weighted by atomic mass is 10.1. The molecule has 0 fully saturated rings. The number of rotatable bonds is 6. The van der Waals surface area contributed by atoms with E-state index in [2.05, 4.69) is 14.8 Å². The molecule has 0 saturated carbocycles. The van der Waals surface area contributed by atoms with E-state index in [1.165, 1.54) is 24.3 Å². The fourth-order valence-corrected chi connectivity index (χ4v) is 4.10. The van der Waals surface area contributed by atoms with Crippen LogP contribution in [0.2, 0.25) is 0 Å². The Hall–Kier alpha value is -3.93. The molecule has 1 amide bonds. The lowest BCUT2D eigenvalue weighted by Crippen LogP contribution is -2.19. The first-order valence-corrected chi connectivity index (χ1v) is 10.8. The van der Waals surface area contributed by atoms with Crippen molar-refractivity contribution in [3.8, 4) is 17.2 Å². The highest BCUT2D eigenvalue weighted by atomic mass is 32.2. The van der Waals surface area contributed by atoms with Crippen LogP contribution in [0, 0.1) is 0 Å². The van der Waals surface area contributed by atoms with Gasteiger partial charge in [-0.15, -0.1) is 13.2 Å². The molecule has 0 aromatic heterocycles. The van der Waals surface area contributed by atoms with E-state index in [0.29, 0.717) is 17.2 Å². The van der Waals surface area contributed by atoms with Gasteiger partial charge in [-0.05, 0) is 36.4 Å². The standard InChI is InChI=1S/C21H15F3N2O6S/c22-21(23,24)32-14-4-3-5-15(11-14)33(28,29)26-17-7-2-1-6-16(17)20(27)25-13-8-9-18-19(10-13)31-12-30-18/h1-11,26H,12H2,(H,25,27). The fraction of sp³-hybridized carbons (Fsp3) is 0.0952. The van der Waals surface area contributed by atoms with Gasteiger partial charge in [-0.3, -0.25) is 9.52 Å². The first-order valence-electron chi connectivity index (χ1n) is 9.29. The van der Waals surface area contributed by atoms with Crippen LogP contribution in [0.1, 0.15) is 10.4 Å². The fourth-order valence-electron chi connectivity index (χ4n) is 2.99. The van der Waals surface area contributed by atoms with E-state index < -0.39 is 32.9 Å². The van der Waals surface area contributed by atoms with Crippen molar-refractivity contribution < 1.29 is 40.6 Å². The van der Waals surface area contributed by atoms with Gasteiger partial charge in [-0.25, -0.2) is 8.42 Å². The number of ether oxygens (including phenoxy) is 3. The van der Waals surface area contributed by atoms with Gasteiger partial charge < -0.3 is 19.5 Å². The Morgan fingerprint density at radius 2 is 1.70 bits per heavy atom. The number of anilines is 2. The zero-order chi connectivity index (χ0) is 23.6. The number of amides is 1. The summed E-state index contributed by atoms with van der Waals surface area (Å²) in [5.41, 5.74) is 0.304. The maximum Gasteiger partial charge on any atom is 0.573 e. The van der Waals surface area contributed by atoms with Gasteiger partial charge in [0, 0.05) is 17.8 Å². The molecular weight excluding hydrogens is 465 g/mol. The Labute approximate surface area is 185 Å². The number of halogens is 3. The van der Waals surface area contributed by atoms with Crippen LogP contribution in [0.15, 0.2) is 71.6 Å². The van der Waals surface area contributed by atoms with E-state index in [0.717, 1.165) is 24.3 Å². The maximum atomic E-state index is 12.8. The Kier molecular flexibility index (Phi) is 5.77. The Bertz CT molecular complexity index is 1310. The van der Waals surface area contributed by atoms with Crippen LogP contribution in [0.3, 0.4) is 0 Å². The summed E-state index contributed by atoms with van der Waals surface area (Å²) in [6, 6.07) is 14.4. The van der Waals surface area contributed by atoms with Crippen molar-refractivity contribution in [1.82, 2.24) is 0 Å². The van der Waals surface area contributed by atoms with Crippen molar-refractivity contribution in [2.75, 3.05) is 16.8 Å². The van der Waals surface area contributed by atoms with E-state index in [9.17, 15) is 26.4 Å². The molecule has 8 nitrogen and oxygen atoms in total. The molecule has 0 unspecified atom stereocenters. The van der Waals surface area contributed by atoms with Crippen molar-refractivity contribution in [2.24, 2.45) is 0 Å². The number of para-hydroxylation sites is 1. The van der Waals surface area contributed by atoms with Gasteiger partial charge in [0.15, 0.2) is 11.5 Å². The third-order valence-electron chi connectivity index (χ3n) is 4.40. The minimum absolute atomic E-state index is 0.0126. The minimum atomic E-state index is -4.98. The van der Waals surface area contributed by atoms with Gasteiger partial charge in [0.25, 0.3) is 15.9 Å². The lowest BCUT2D eigenvalue weighted by Gasteiger charge is -2.14. The quantitative estimate of drug-likeness (QED) is 0.543. The van der Waals surface area contributed by atoms with Crippen LogP contribution in [-0.4, -0.2) is 27.5 Å². The van der Waals surface area contributed by atoms with Gasteiger partial charge in [0.05, 0.1) is 16.1 Å². The summed E-state index contributed by atoms with van der Waals surface area (Å²) < 4.78 is 79.4. The molecule has 0 atom stereocenters. The summed E-state index contributed by atoms with van der Waals surface area (Å²) in [4.78, 5) is 12.3. The van der Waals surface area contributed by atoms with Crippen molar-refractivity contribution in [2.45, 2.75) is 11.3 Å². The minimum Gasteiger partial charge on any atom is -0.454 e. The average molecular weight is 480 g/mol. The van der Waals surface area contributed by atoms with Crippen molar-refractivity contribution in [3.05, 3.63) is 72.3 Å². The molecule has 12 heteroatoms. The zero-order valence-corrected chi connectivity index (χ0v) is 17.4. The van der Waals surface area contributed by atoms with Crippen LogP contribution in [0.25, 0.3) is 0 Å². The number of carbonyl (C=O) groups excluding carboxylic acids is 1. The highest BCUT2D eigenvalue weighted by molar-refractivity contribution is 7.92. The van der Waals surface area contributed by atoms with Gasteiger partial charge >= 0.3 is 6.36 Å². The summed E-state index contributed by atoms with van der Waals surface area (Å²) in [5, 5.41) is 2.63. The van der Waals surface area contributed by atoms with Crippen LogP contribution in [-0.2, 0) is 10.0 Å². The molecule has 1 aliphatic rings. The summed E-state index contributed by atoms with van der Waals surface area (Å²) in [5.74, 6) is -0.346. The van der Waals surface area contributed by atoms with Gasteiger partial charge in [-0.1, -0.05) is 18.2 Å². The van der Waals surface area contributed by atoms with E-state index in [-0.39, 0.29) is 18.0 Å². The van der Waals surface area contributed by atoms with E-state index in [1.807, 2.05) is 0 Å². The number of carbonyl (C=O) groups is 1. The molecule has 4 rings (SSSR count). The van der Waals surface area contributed by atoms with Crippen LogP contribution >= 0.6 is 0 Å². The largest absolute Gasteiger partial charge is 0.573 e. The number of hydrogen-bond donors (Lipinski definition) is 2. The summed E-state index contributed by atoms with van der Waals surface area (Å²) in [6.07, 6.45) is -4.98. The highest BCUT2D eigenvalue weighted by Gasteiger charge is 2.31. The number of nitrogens with one attached hydrogen (secondary N) is 2. The van der Waals surface area contributed by atoms with Crippen molar-refractivity contribution in [1.29, 1.82) is 0 Å². The summed E-state index contributed by atoms with van der Waals surface area (Å²) >= 11 is 0. The smallest absolute Gasteiger partial charge is 0.454 e. The lowest BCUT2D eigenvalue weighted by molar-refractivity contribution is -0.274. The normalized spacial score (nSPS) is 12.8. The molecule has 0 aliphatic carbocycles. The molecule has 33 heavy (non-hydrogen) atoms. The molecule has 3 aromatic carbocycles. The predicted octanol–water partition coefficient (Wildman–Crippen LogP) is 4.37. The summed E-state index contributed by atoms with van der Waals surface area (Å²) in [6.45, 7) is 0.0621. The third kappa shape index (κ3) is 5.29. The van der Waals surface area contributed by atoms with Crippen molar-refractivity contribution >= 4 is 27.3 Å². The first kappa shape index (κ1) is 22.3. The molecule has 1 heterocycles. The number of benzene rings is 3. The monoisotopic (exact) mass is 480 g/mol. The van der Waals surface area contributed by atoms with E-state index in [1.54, 1.807) is 18.2 Å². The maximum absolute atomic E-state index is 12.8. The SMILES string of the molecule is O=C(Nc1ccc2c(c1)OCO2)c1ccccc1NS(=O)(=O)c1cccc(OC(F)(F)F)c1. The van der Waals surface area contributed by atoms with Crippen LogP contribution in [0.4, 0.5) is 24.5 Å². The Morgan fingerprint density at radius 1 is 0.939 bits per heavy atom. The van der Waals surface area contributed by atoms with Crippen molar-refractivity contribution in [3.63, 3.8) is 0 Å². The van der Waals surface area contributed by atoms with E-state index in [4.69, 9.17) is 9.47 Å². The van der Waals surface area contributed by atoms with Gasteiger partial charge in [-0.2, -0.15) is 0 Å².